The molecule has 0 N–H and O–H groups in total. The highest BCUT2D eigenvalue weighted by molar-refractivity contribution is 5.83. The number of fused-ring (bicyclic) bond motifs is 1. The van der Waals surface area contributed by atoms with Gasteiger partial charge in [0, 0.05) is 26.7 Å². The Morgan fingerprint density at radius 3 is 3.05 bits per heavy atom. The van der Waals surface area contributed by atoms with Gasteiger partial charge >= 0.3 is 0 Å². The first-order chi connectivity index (χ1) is 9.79. The van der Waals surface area contributed by atoms with Crippen molar-refractivity contribution in [1.29, 1.82) is 0 Å². The first-order valence-electron chi connectivity index (χ1n) is 7.19. The van der Waals surface area contributed by atoms with E-state index in [0.717, 1.165) is 36.6 Å². The lowest BCUT2D eigenvalue weighted by atomic mass is 10.0. The van der Waals surface area contributed by atoms with Gasteiger partial charge in [-0.1, -0.05) is 6.92 Å². The zero-order valence-corrected chi connectivity index (χ0v) is 12.1. The Kier molecular flexibility index (Phi) is 3.82. The molecule has 1 atom stereocenters. The van der Waals surface area contributed by atoms with Gasteiger partial charge in [0.1, 0.15) is 6.33 Å². The van der Waals surface area contributed by atoms with Crippen molar-refractivity contribution >= 4 is 17.0 Å². The van der Waals surface area contributed by atoms with Gasteiger partial charge < -0.3 is 14.2 Å². The minimum Gasteiger partial charge on any atom is -0.383 e. The number of anilines is 1. The van der Waals surface area contributed by atoms with E-state index in [1.807, 2.05) is 10.9 Å². The summed E-state index contributed by atoms with van der Waals surface area (Å²) in [5, 5.41) is 0. The summed E-state index contributed by atoms with van der Waals surface area (Å²) in [5.41, 5.74) is 1.79. The van der Waals surface area contributed by atoms with E-state index in [0.29, 0.717) is 12.5 Å². The largest absolute Gasteiger partial charge is 0.383 e. The van der Waals surface area contributed by atoms with Crippen LogP contribution in [0, 0.1) is 5.92 Å². The Morgan fingerprint density at radius 1 is 1.35 bits per heavy atom. The molecule has 1 aliphatic rings. The van der Waals surface area contributed by atoms with Crippen LogP contribution >= 0.6 is 0 Å². The number of piperidine rings is 1. The third kappa shape index (κ3) is 2.47. The molecule has 1 unspecified atom stereocenters. The number of ether oxygens (including phenoxy) is 1. The second kappa shape index (κ2) is 5.75. The molecule has 2 aromatic heterocycles. The number of aromatic nitrogens is 4. The van der Waals surface area contributed by atoms with Gasteiger partial charge in [-0.05, 0) is 18.8 Å². The molecule has 1 aliphatic heterocycles. The zero-order chi connectivity index (χ0) is 13.9. The fourth-order valence-electron chi connectivity index (χ4n) is 2.83. The molecule has 0 aliphatic carbocycles. The fraction of sp³-hybridized carbons (Fsp3) is 0.643. The van der Waals surface area contributed by atoms with E-state index < -0.39 is 0 Å². The maximum Gasteiger partial charge on any atom is 0.165 e. The van der Waals surface area contributed by atoms with Gasteiger partial charge in [0.25, 0.3) is 0 Å². The van der Waals surface area contributed by atoms with Crippen LogP contribution in [0.1, 0.15) is 19.8 Å². The minimum absolute atomic E-state index is 0.658. The van der Waals surface area contributed by atoms with Crippen molar-refractivity contribution in [2.24, 2.45) is 5.92 Å². The van der Waals surface area contributed by atoms with Crippen LogP contribution in [-0.2, 0) is 11.3 Å². The quantitative estimate of drug-likeness (QED) is 0.850. The molecule has 0 aromatic carbocycles. The van der Waals surface area contributed by atoms with Gasteiger partial charge in [-0.15, -0.1) is 0 Å². The molecule has 0 amide bonds. The van der Waals surface area contributed by atoms with Crippen LogP contribution in [0.3, 0.4) is 0 Å². The zero-order valence-electron chi connectivity index (χ0n) is 12.1. The maximum absolute atomic E-state index is 5.12. The fourth-order valence-corrected chi connectivity index (χ4v) is 2.83. The highest BCUT2D eigenvalue weighted by atomic mass is 16.5. The SMILES string of the molecule is COCCn1cnc2c(N3CCCC(C)C3)ncnc21. The van der Waals surface area contributed by atoms with Crippen molar-refractivity contribution in [3.8, 4) is 0 Å². The van der Waals surface area contributed by atoms with Crippen molar-refractivity contribution in [3.63, 3.8) is 0 Å². The maximum atomic E-state index is 5.12. The van der Waals surface area contributed by atoms with E-state index in [-0.39, 0.29) is 0 Å². The predicted octanol–water partition coefficient (Wildman–Crippen LogP) is 1.71. The van der Waals surface area contributed by atoms with Crippen LogP contribution in [0.25, 0.3) is 11.2 Å². The second-order valence-corrected chi connectivity index (χ2v) is 5.49. The molecular weight excluding hydrogens is 254 g/mol. The van der Waals surface area contributed by atoms with Crippen LogP contribution in [0.5, 0.6) is 0 Å². The Morgan fingerprint density at radius 2 is 2.25 bits per heavy atom. The molecule has 6 heteroatoms. The van der Waals surface area contributed by atoms with Crippen molar-refractivity contribution in [2.75, 3.05) is 31.7 Å². The molecule has 1 fully saturated rings. The van der Waals surface area contributed by atoms with Gasteiger partial charge in [-0.25, -0.2) is 15.0 Å². The molecule has 0 bridgehead atoms. The summed E-state index contributed by atoms with van der Waals surface area (Å²) in [6, 6.07) is 0. The van der Waals surface area contributed by atoms with E-state index in [4.69, 9.17) is 4.74 Å². The summed E-state index contributed by atoms with van der Waals surface area (Å²) in [6.07, 6.45) is 5.99. The van der Waals surface area contributed by atoms with E-state index in [9.17, 15) is 0 Å². The topological polar surface area (TPSA) is 56.1 Å². The van der Waals surface area contributed by atoms with Crippen molar-refractivity contribution in [3.05, 3.63) is 12.7 Å². The highest BCUT2D eigenvalue weighted by Crippen LogP contribution is 2.26. The number of nitrogens with zero attached hydrogens (tertiary/aromatic N) is 5. The summed E-state index contributed by atoms with van der Waals surface area (Å²) in [6.45, 7) is 5.82. The molecule has 3 rings (SSSR count). The number of rotatable bonds is 4. The molecule has 0 saturated carbocycles. The summed E-state index contributed by atoms with van der Waals surface area (Å²) in [5.74, 6) is 1.68. The van der Waals surface area contributed by atoms with E-state index in [1.165, 1.54) is 12.8 Å². The Bertz CT molecular complexity index is 582. The standard InChI is InChI=1S/C14H21N5O/c1-11-4-3-5-18(8-11)13-12-14(16-9-15-13)19(10-17-12)6-7-20-2/h9-11H,3-8H2,1-2H3. The highest BCUT2D eigenvalue weighted by Gasteiger charge is 2.21. The lowest BCUT2D eigenvalue weighted by Crippen LogP contribution is -2.35. The second-order valence-electron chi connectivity index (χ2n) is 5.49. The molecular formula is C14H21N5O. The lowest BCUT2D eigenvalue weighted by Gasteiger charge is -2.31. The molecule has 108 valence electrons. The monoisotopic (exact) mass is 275 g/mol. The van der Waals surface area contributed by atoms with Crippen molar-refractivity contribution in [1.82, 2.24) is 19.5 Å². The van der Waals surface area contributed by atoms with Crippen LogP contribution in [0.2, 0.25) is 0 Å². The Labute approximate surface area is 118 Å². The lowest BCUT2D eigenvalue weighted by molar-refractivity contribution is 0.188. The van der Waals surface area contributed by atoms with Gasteiger partial charge in [0.2, 0.25) is 0 Å². The molecule has 2 aromatic rings. The smallest absolute Gasteiger partial charge is 0.165 e. The Hall–Kier alpha value is -1.69. The molecule has 0 radical (unpaired) electrons. The summed E-state index contributed by atoms with van der Waals surface area (Å²) < 4.78 is 7.15. The number of imidazole rings is 1. The summed E-state index contributed by atoms with van der Waals surface area (Å²) >= 11 is 0. The molecule has 3 heterocycles. The van der Waals surface area contributed by atoms with Crippen LogP contribution in [0.15, 0.2) is 12.7 Å². The minimum atomic E-state index is 0.658. The number of methoxy groups -OCH3 is 1. The molecule has 0 spiro atoms. The number of hydrogen-bond donors (Lipinski definition) is 0. The van der Waals surface area contributed by atoms with Crippen LogP contribution < -0.4 is 4.90 Å². The Balaban J connectivity index is 1.93. The average molecular weight is 275 g/mol. The third-order valence-corrected chi connectivity index (χ3v) is 3.87. The molecule has 1 saturated heterocycles. The first-order valence-corrected chi connectivity index (χ1v) is 7.19. The van der Waals surface area contributed by atoms with Crippen molar-refractivity contribution < 1.29 is 4.74 Å². The van der Waals surface area contributed by atoms with E-state index in [2.05, 4.69) is 26.8 Å². The van der Waals surface area contributed by atoms with Gasteiger partial charge in [-0.3, -0.25) is 0 Å². The normalized spacial score (nSPS) is 19.7. The van der Waals surface area contributed by atoms with Crippen LogP contribution in [-0.4, -0.2) is 46.3 Å². The third-order valence-electron chi connectivity index (χ3n) is 3.87. The van der Waals surface area contributed by atoms with E-state index in [1.54, 1.807) is 13.4 Å². The van der Waals surface area contributed by atoms with Gasteiger partial charge in [0.15, 0.2) is 17.0 Å². The van der Waals surface area contributed by atoms with Crippen LogP contribution in [0.4, 0.5) is 5.82 Å². The molecule has 20 heavy (non-hydrogen) atoms. The first kappa shape index (κ1) is 13.3. The molecule has 6 nitrogen and oxygen atoms in total. The average Bonchev–Trinajstić information content (AvgIpc) is 2.88. The predicted molar refractivity (Wildman–Crippen MR) is 77.8 cm³/mol. The van der Waals surface area contributed by atoms with Gasteiger partial charge in [-0.2, -0.15) is 0 Å². The summed E-state index contributed by atoms with van der Waals surface area (Å²) in [4.78, 5) is 15.7. The van der Waals surface area contributed by atoms with E-state index >= 15 is 0 Å². The van der Waals surface area contributed by atoms with Gasteiger partial charge in [0.05, 0.1) is 12.9 Å². The summed E-state index contributed by atoms with van der Waals surface area (Å²) in [7, 11) is 1.70. The van der Waals surface area contributed by atoms with Crippen molar-refractivity contribution in [2.45, 2.75) is 26.3 Å². The number of hydrogen-bond acceptors (Lipinski definition) is 5.